The van der Waals surface area contributed by atoms with Crippen LogP contribution in [0.3, 0.4) is 0 Å². The highest BCUT2D eigenvalue weighted by Crippen LogP contribution is 2.20. The molecule has 0 amide bonds. The number of hydrogen-bond donors (Lipinski definition) is 3. The first-order chi connectivity index (χ1) is 13.9. The number of carbonyl (C=O) groups excluding carboxylic acids is 1. The van der Waals surface area contributed by atoms with E-state index in [-0.39, 0.29) is 29.0 Å². The Morgan fingerprint density at radius 2 is 1.24 bits per heavy atom. The molecule has 0 aromatic heterocycles. The Labute approximate surface area is 177 Å². The van der Waals surface area contributed by atoms with Gasteiger partial charge in [0.25, 0.3) is 0 Å². The third-order valence-electron chi connectivity index (χ3n) is 5.11. The maximum Gasteiger partial charge on any atom is 0.146 e. The first kappa shape index (κ1) is 27.5. The predicted octanol–water partition coefficient (Wildman–Crippen LogP) is 4.46. The number of carboxylic acids is 1. The van der Waals surface area contributed by atoms with Gasteiger partial charge in [0.15, 0.2) is 0 Å². The molecular weight excluding hydrogens is 370 g/mol. The largest absolute Gasteiger partial charge is 0.550 e. The molecule has 29 heavy (non-hydrogen) atoms. The van der Waals surface area contributed by atoms with Crippen LogP contribution in [-0.2, 0) is 4.79 Å². The average Bonchev–Trinajstić information content (AvgIpc) is 2.66. The highest BCUT2D eigenvalue weighted by atomic mass is 16.4. The van der Waals surface area contributed by atoms with Crippen LogP contribution < -0.4 is 5.11 Å². The van der Waals surface area contributed by atoms with Gasteiger partial charge in [-0.05, 0) is 32.1 Å². The van der Waals surface area contributed by atoms with E-state index in [4.69, 9.17) is 0 Å². The zero-order chi connectivity index (χ0) is 22.0. The molecule has 0 bridgehead atoms. The standard InChI is InChI=1S/C23H43NO5/c1-3-5-7-9-13-21(26)19-24(17-18-25,16-12-11-15-23(28)29)20-22(27)14-10-8-6-4-2/h19-20,25H,3-18H2,1-2H3,(H2-,26,27,28,29)/b21-19-,22-20-. The van der Waals surface area contributed by atoms with E-state index in [0.29, 0.717) is 38.8 Å². The first-order valence-electron chi connectivity index (χ1n) is 11.4. The molecular formula is C23H43NO5. The lowest BCUT2D eigenvalue weighted by atomic mass is 10.1. The molecule has 0 saturated carbocycles. The van der Waals surface area contributed by atoms with Gasteiger partial charge in [-0.2, -0.15) is 0 Å². The van der Waals surface area contributed by atoms with Crippen molar-refractivity contribution in [3.8, 4) is 0 Å². The van der Waals surface area contributed by atoms with E-state index >= 15 is 0 Å². The van der Waals surface area contributed by atoms with Crippen LogP contribution in [0.4, 0.5) is 0 Å². The van der Waals surface area contributed by atoms with E-state index in [2.05, 4.69) is 13.8 Å². The Kier molecular flexibility index (Phi) is 16.4. The van der Waals surface area contributed by atoms with Crippen LogP contribution in [0.25, 0.3) is 0 Å². The first-order valence-corrected chi connectivity index (χ1v) is 11.4. The average molecular weight is 414 g/mol. The van der Waals surface area contributed by atoms with Gasteiger partial charge in [0.1, 0.15) is 30.5 Å². The van der Waals surface area contributed by atoms with Gasteiger partial charge >= 0.3 is 0 Å². The van der Waals surface area contributed by atoms with Crippen molar-refractivity contribution in [1.29, 1.82) is 0 Å². The second kappa shape index (κ2) is 17.3. The van der Waals surface area contributed by atoms with Crippen LogP contribution in [0.5, 0.6) is 0 Å². The van der Waals surface area contributed by atoms with Gasteiger partial charge in [-0.15, -0.1) is 0 Å². The summed E-state index contributed by atoms with van der Waals surface area (Å²) in [5.41, 5.74) is 0. The summed E-state index contributed by atoms with van der Waals surface area (Å²) in [5.74, 6) is -0.567. The van der Waals surface area contributed by atoms with Crippen LogP contribution in [0.2, 0.25) is 0 Å². The molecule has 0 aromatic rings. The molecule has 0 atom stereocenters. The number of unbranched alkanes of at least 4 members (excludes halogenated alkanes) is 7. The number of rotatable bonds is 19. The molecule has 0 rings (SSSR count). The fourth-order valence-corrected chi connectivity index (χ4v) is 3.46. The van der Waals surface area contributed by atoms with Gasteiger partial charge in [-0.1, -0.05) is 52.4 Å². The molecule has 0 saturated heterocycles. The van der Waals surface area contributed by atoms with Gasteiger partial charge in [-0.25, -0.2) is 0 Å². The maximum atomic E-state index is 10.7. The van der Waals surface area contributed by atoms with Crippen LogP contribution in [0, 0.1) is 0 Å². The summed E-state index contributed by atoms with van der Waals surface area (Å²) in [7, 11) is 0. The Bertz CT molecular complexity index is 460. The smallest absolute Gasteiger partial charge is 0.146 e. The minimum Gasteiger partial charge on any atom is -0.550 e. The molecule has 0 aliphatic carbocycles. The monoisotopic (exact) mass is 413 g/mol. The van der Waals surface area contributed by atoms with Gasteiger partial charge in [0.2, 0.25) is 0 Å². The molecule has 0 spiro atoms. The summed E-state index contributed by atoms with van der Waals surface area (Å²) in [6, 6.07) is 0. The summed E-state index contributed by atoms with van der Waals surface area (Å²) in [4.78, 5) is 10.7. The minimum absolute atomic E-state index is 0.0153. The summed E-state index contributed by atoms with van der Waals surface area (Å²) < 4.78 is 0.128. The number of allylic oxidation sites excluding steroid dienone is 2. The number of aliphatic carboxylic acids is 1. The molecule has 6 nitrogen and oxygen atoms in total. The van der Waals surface area contributed by atoms with Crippen molar-refractivity contribution in [2.45, 2.75) is 97.3 Å². The van der Waals surface area contributed by atoms with Crippen molar-refractivity contribution < 1.29 is 29.7 Å². The third-order valence-corrected chi connectivity index (χ3v) is 5.11. The van der Waals surface area contributed by atoms with Gasteiger partial charge in [0, 0.05) is 18.8 Å². The molecule has 170 valence electrons. The topological polar surface area (TPSA) is 101 Å². The number of aliphatic hydroxyl groups is 3. The van der Waals surface area contributed by atoms with Crippen molar-refractivity contribution in [3.05, 3.63) is 23.9 Å². The zero-order valence-corrected chi connectivity index (χ0v) is 18.6. The van der Waals surface area contributed by atoms with Crippen molar-refractivity contribution >= 4 is 5.97 Å². The van der Waals surface area contributed by atoms with Crippen LogP contribution in [-0.4, -0.2) is 45.5 Å². The van der Waals surface area contributed by atoms with E-state index in [9.17, 15) is 25.2 Å². The van der Waals surface area contributed by atoms with E-state index < -0.39 is 5.97 Å². The summed E-state index contributed by atoms with van der Waals surface area (Å²) in [5, 5.41) is 41.2. The SMILES string of the molecule is CCCCCC/C(O)=C/[N+](/C=C(\O)CCCCCC)(CCO)CCCCC(=O)[O-]. The Morgan fingerprint density at radius 1 is 0.759 bits per heavy atom. The zero-order valence-electron chi connectivity index (χ0n) is 18.6. The molecule has 0 fully saturated rings. The number of quaternary nitrogens is 1. The van der Waals surface area contributed by atoms with Gasteiger partial charge < -0.3 is 25.2 Å². The molecule has 0 aromatic carbocycles. The fourth-order valence-electron chi connectivity index (χ4n) is 3.46. The van der Waals surface area contributed by atoms with Crippen molar-refractivity contribution in [3.63, 3.8) is 0 Å². The number of aliphatic hydroxyl groups excluding tert-OH is 3. The molecule has 0 radical (unpaired) electrons. The van der Waals surface area contributed by atoms with E-state index in [1.165, 1.54) is 0 Å². The number of carboxylic acid groups (broad SMARTS) is 1. The third kappa shape index (κ3) is 15.0. The highest BCUT2D eigenvalue weighted by molar-refractivity contribution is 5.64. The summed E-state index contributed by atoms with van der Waals surface area (Å²) in [6.07, 6.45) is 14.0. The normalized spacial score (nSPS) is 14.7. The number of hydrogen-bond acceptors (Lipinski definition) is 5. The lowest BCUT2D eigenvalue weighted by molar-refractivity contribution is -0.831. The molecule has 3 N–H and O–H groups in total. The summed E-state index contributed by atoms with van der Waals surface area (Å²) >= 11 is 0. The highest BCUT2D eigenvalue weighted by Gasteiger charge is 2.25. The minimum atomic E-state index is -1.08. The van der Waals surface area contributed by atoms with Crippen molar-refractivity contribution in [2.24, 2.45) is 0 Å². The molecule has 6 heteroatoms. The van der Waals surface area contributed by atoms with Crippen molar-refractivity contribution in [2.75, 3.05) is 19.7 Å². The Morgan fingerprint density at radius 3 is 1.66 bits per heavy atom. The number of carbonyl (C=O) groups is 1. The lowest BCUT2D eigenvalue weighted by Gasteiger charge is -2.31. The van der Waals surface area contributed by atoms with E-state index in [1.807, 2.05) is 0 Å². The van der Waals surface area contributed by atoms with Gasteiger partial charge in [-0.3, -0.25) is 4.48 Å². The Hall–Kier alpha value is -1.53. The fraction of sp³-hybridized carbons (Fsp3) is 0.783. The van der Waals surface area contributed by atoms with Gasteiger partial charge in [0.05, 0.1) is 13.2 Å². The van der Waals surface area contributed by atoms with Crippen molar-refractivity contribution in [1.82, 2.24) is 0 Å². The van der Waals surface area contributed by atoms with E-state index in [0.717, 1.165) is 51.4 Å². The Balaban J connectivity index is 5.26. The molecule has 0 aliphatic rings. The number of nitrogens with zero attached hydrogens (tertiary/aromatic N) is 1. The quantitative estimate of drug-likeness (QED) is 0.165. The summed E-state index contributed by atoms with van der Waals surface area (Å²) in [6.45, 7) is 5.01. The molecule has 0 heterocycles. The van der Waals surface area contributed by atoms with Crippen LogP contribution >= 0.6 is 0 Å². The molecule has 0 unspecified atom stereocenters. The second-order valence-corrected chi connectivity index (χ2v) is 7.97. The predicted molar refractivity (Wildman–Crippen MR) is 115 cm³/mol. The van der Waals surface area contributed by atoms with Crippen LogP contribution in [0.1, 0.15) is 97.3 Å². The maximum absolute atomic E-state index is 10.7. The van der Waals surface area contributed by atoms with Crippen LogP contribution in [0.15, 0.2) is 23.9 Å². The second-order valence-electron chi connectivity index (χ2n) is 7.97. The van der Waals surface area contributed by atoms with E-state index in [1.54, 1.807) is 12.4 Å². The lowest BCUT2D eigenvalue weighted by Crippen LogP contribution is -2.41. The molecule has 0 aliphatic heterocycles.